The maximum absolute atomic E-state index is 14.6. The lowest BCUT2D eigenvalue weighted by Gasteiger charge is -2.31. The van der Waals surface area contributed by atoms with Crippen molar-refractivity contribution < 1.29 is 22.2 Å². The van der Waals surface area contributed by atoms with Crippen molar-refractivity contribution in [2.75, 3.05) is 16.4 Å². The summed E-state index contributed by atoms with van der Waals surface area (Å²) >= 11 is 0. The highest BCUT2D eigenvalue weighted by atomic mass is 32.2. The lowest BCUT2D eigenvalue weighted by Crippen LogP contribution is -2.36. The zero-order valence-electron chi connectivity index (χ0n) is 17.6. The Bertz CT molecular complexity index is 1250. The molecule has 4 rings (SSSR count). The van der Waals surface area contributed by atoms with Crippen LogP contribution in [0.2, 0.25) is 0 Å². The molecule has 1 amide bonds. The number of rotatable bonds is 4. The summed E-state index contributed by atoms with van der Waals surface area (Å²) < 4.78 is 55.6. The van der Waals surface area contributed by atoms with Crippen molar-refractivity contribution in [2.24, 2.45) is 5.92 Å². The van der Waals surface area contributed by atoms with Gasteiger partial charge in [-0.3, -0.25) is 9.00 Å². The molecule has 0 spiro atoms. The molecular formula is C23H22F3N3O2S. The Kier molecular flexibility index (Phi) is 5.70. The first kappa shape index (κ1) is 22.3. The zero-order chi connectivity index (χ0) is 23.2. The van der Waals surface area contributed by atoms with E-state index in [0.717, 1.165) is 0 Å². The monoisotopic (exact) mass is 461 g/mol. The molecule has 0 saturated heterocycles. The van der Waals surface area contributed by atoms with Gasteiger partial charge < -0.3 is 10.6 Å². The van der Waals surface area contributed by atoms with E-state index in [2.05, 4.69) is 4.98 Å². The average molecular weight is 462 g/mol. The van der Waals surface area contributed by atoms with Crippen molar-refractivity contribution in [1.82, 2.24) is 4.98 Å². The van der Waals surface area contributed by atoms with Gasteiger partial charge in [0.2, 0.25) is 5.91 Å². The summed E-state index contributed by atoms with van der Waals surface area (Å²) in [6.07, 6.45) is -0.498. The summed E-state index contributed by atoms with van der Waals surface area (Å²) in [6.45, 7) is 3.47. The molecule has 0 radical (unpaired) electrons. The Morgan fingerprint density at radius 1 is 1.25 bits per heavy atom. The first-order chi connectivity index (χ1) is 15.1. The second-order valence-electron chi connectivity index (χ2n) is 8.12. The summed E-state index contributed by atoms with van der Waals surface area (Å²) in [5, 5.41) is 0.542. The highest BCUT2D eigenvalue weighted by molar-refractivity contribution is 7.85. The molecule has 0 saturated carbocycles. The molecule has 1 unspecified atom stereocenters. The van der Waals surface area contributed by atoms with E-state index in [1.165, 1.54) is 23.1 Å². The fraction of sp³-hybridized carbons (Fsp3) is 0.304. The van der Waals surface area contributed by atoms with Crippen LogP contribution in [0, 0.1) is 11.7 Å². The van der Waals surface area contributed by atoms with E-state index in [-0.39, 0.29) is 40.2 Å². The summed E-state index contributed by atoms with van der Waals surface area (Å²) in [5.74, 6) is -4.87. The third-order valence-corrected chi connectivity index (χ3v) is 6.93. The van der Waals surface area contributed by atoms with Crippen LogP contribution in [0.5, 0.6) is 0 Å². The fourth-order valence-corrected chi connectivity index (χ4v) is 5.32. The predicted molar refractivity (Wildman–Crippen MR) is 118 cm³/mol. The second kappa shape index (κ2) is 8.20. The molecule has 2 aromatic carbocycles. The molecule has 5 nitrogen and oxygen atoms in total. The van der Waals surface area contributed by atoms with Crippen LogP contribution in [0.4, 0.5) is 24.7 Å². The lowest BCUT2D eigenvalue weighted by atomic mass is 10.0. The van der Waals surface area contributed by atoms with Crippen molar-refractivity contribution in [1.29, 1.82) is 0 Å². The van der Waals surface area contributed by atoms with Gasteiger partial charge in [-0.15, -0.1) is 0 Å². The van der Waals surface area contributed by atoms with E-state index in [4.69, 9.17) is 5.73 Å². The van der Waals surface area contributed by atoms with Crippen LogP contribution >= 0.6 is 0 Å². The maximum Gasteiger partial charge on any atom is 0.275 e. The van der Waals surface area contributed by atoms with E-state index in [1.54, 1.807) is 38.1 Å². The predicted octanol–water partition coefficient (Wildman–Crippen LogP) is 4.75. The van der Waals surface area contributed by atoms with Crippen LogP contribution in [-0.4, -0.2) is 20.9 Å². The molecule has 1 atom stereocenters. The van der Waals surface area contributed by atoms with E-state index in [1.807, 2.05) is 0 Å². The number of nitrogen functional groups attached to an aromatic ring is 1. The van der Waals surface area contributed by atoms with Gasteiger partial charge in [0.25, 0.3) is 5.92 Å². The summed E-state index contributed by atoms with van der Waals surface area (Å²) in [4.78, 5) is 18.6. The smallest absolute Gasteiger partial charge is 0.275 e. The number of fused-ring (bicyclic) bond motifs is 2. The van der Waals surface area contributed by atoms with Crippen LogP contribution in [0.3, 0.4) is 0 Å². The van der Waals surface area contributed by atoms with Gasteiger partial charge >= 0.3 is 0 Å². The first-order valence-electron chi connectivity index (χ1n) is 10.1. The first-order valence-corrected chi connectivity index (χ1v) is 11.5. The molecule has 3 aromatic rings. The standard InChI is InChI=1S/C23H22F3N3O2S/c1-13(2)22(30)29(12-14-6-7-15-11-17(24)21(27)28-18(15)10-14)19-5-3-4-16-20(19)32(31)9-8-23(16,25)26/h3-7,10-11,13H,8-9,12H2,1-2H3,(H2,27,28). The van der Waals surface area contributed by atoms with Gasteiger partial charge in [-0.1, -0.05) is 38.1 Å². The summed E-state index contributed by atoms with van der Waals surface area (Å²) in [5.41, 5.74) is 6.59. The minimum Gasteiger partial charge on any atom is -0.381 e. The Labute approximate surface area is 185 Å². The molecule has 168 valence electrons. The highest BCUT2D eigenvalue weighted by Gasteiger charge is 2.41. The lowest BCUT2D eigenvalue weighted by molar-refractivity contribution is -0.121. The number of benzene rings is 2. The normalized spacial score (nSPS) is 17.4. The molecule has 2 heterocycles. The van der Waals surface area contributed by atoms with Gasteiger partial charge in [-0.2, -0.15) is 0 Å². The number of aromatic nitrogens is 1. The third-order valence-electron chi connectivity index (χ3n) is 5.47. The molecule has 1 aliphatic rings. The van der Waals surface area contributed by atoms with Gasteiger partial charge in [0.15, 0.2) is 11.6 Å². The fourth-order valence-electron chi connectivity index (χ4n) is 3.80. The summed E-state index contributed by atoms with van der Waals surface area (Å²) in [7, 11) is -1.65. The van der Waals surface area contributed by atoms with Crippen LogP contribution in [0.25, 0.3) is 10.9 Å². The number of anilines is 2. The van der Waals surface area contributed by atoms with Crippen molar-refractivity contribution in [3.8, 4) is 0 Å². The minimum absolute atomic E-state index is 0.00276. The summed E-state index contributed by atoms with van der Waals surface area (Å²) in [6, 6.07) is 10.6. The molecule has 1 aromatic heterocycles. The average Bonchev–Trinajstić information content (AvgIpc) is 2.75. The van der Waals surface area contributed by atoms with Crippen molar-refractivity contribution >= 4 is 39.1 Å². The van der Waals surface area contributed by atoms with E-state index in [9.17, 15) is 22.2 Å². The molecule has 2 N–H and O–H groups in total. The molecule has 0 aliphatic carbocycles. The topological polar surface area (TPSA) is 76.3 Å². The molecule has 1 aliphatic heterocycles. The van der Waals surface area contributed by atoms with Gasteiger partial charge in [0.05, 0.1) is 33.4 Å². The molecule has 0 fully saturated rings. The van der Waals surface area contributed by atoms with E-state index >= 15 is 0 Å². The quantitative estimate of drug-likeness (QED) is 0.609. The van der Waals surface area contributed by atoms with Crippen molar-refractivity contribution in [3.05, 3.63) is 59.4 Å². The largest absolute Gasteiger partial charge is 0.381 e. The van der Waals surface area contributed by atoms with Crippen molar-refractivity contribution in [3.63, 3.8) is 0 Å². The molecule has 32 heavy (non-hydrogen) atoms. The van der Waals surface area contributed by atoms with Gasteiger partial charge in [0.1, 0.15) is 0 Å². The number of hydrogen-bond acceptors (Lipinski definition) is 4. The number of alkyl halides is 2. The van der Waals surface area contributed by atoms with Crippen LogP contribution in [-0.2, 0) is 28.1 Å². The zero-order valence-corrected chi connectivity index (χ0v) is 18.4. The van der Waals surface area contributed by atoms with Crippen molar-refractivity contribution in [2.45, 2.75) is 37.6 Å². The number of amides is 1. The number of halogens is 3. The maximum atomic E-state index is 14.6. The molecule has 0 bridgehead atoms. The third kappa shape index (κ3) is 3.97. The van der Waals surface area contributed by atoms with E-state index in [0.29, 0.717) is 16.5 Å². The van der Waals surface area contributed by atoms with Gasteiger partial charge in [0, 0.05) is 29.0 Å². The van der Waals surface area contributed by atoms with Gasteiger partial charge in [-0.05, 0) is 23.8 Å². The SMILES string of the molecule is CC(C)C(=O)N(Cc1ccc2cc(F)c(N)nc2c1)c1cccc2c1S(=O)CCC2(F)F. The van der Waals surface area contributed by atoms with Crippen LogP contribution in [0.1, 0.15) is 31.4 Å². The molecular weight excluding hydrogens is 439 g/mol. The second-order valence-corrected chi connectivity index (χ2v) is 9.63. The number of nitrogens with zero attached hydrogens (tertiary/aromatic N) is 2. The number of pyridine rings is 1. The highest BCUT2D eigenvalue weighted by Crippen LogP contribution is 2.44. The minimum atomic E-state index is -3.11. The van der Waals surface area contributed by atoms with E-state index < -0.39 is 34.9 Å². The Hall–Kier alpha value is -2.94. The Morgan fingerprint density at radius 2 is 2.00 bits per heavy atom. The Balaban J connectivity index is 1.82. The number of carbonyl (C=O) groups excluding carboxylic acids is 1. The van der Waals surface area contributed by atoms with Crippen LogP contribution in [0.15, 0.2) is 47.4 Å². The number of hydrogen-bond donors (Lipinski definition) is 1. The number of nitrogens with two attached hydrogens (primary N) is 1. The Morgan fingerprint density at radius 3 is 2.72 bits per heavy atom. The van der Waals surface area contributed by atoms with Crippen LogP contribution < -0.4 is 10.6 Å². The van der Waals surface area contributed by atoms with Gasteiger partial charge in [-0.25, -0.2) is 18.2 Å². The molecule has 9 heteroatoms. The number of carbonyl (C=O) groups is 1.